The van der Waals surface area contributed by atoms with Gasteiger partial charge in [-0.05, 0) is 43.2 Å². The minimum Gasteiger partial charge on any atom is -0.465 e. The van der Waals surface area contributed by atoms with Crippen LogP contribution in [0.5, 0.6) is 0 Å². The zero-order valence-electron chi connectivity index (χ0n) is 14.8. The molecule has 2 aromatic rings. The Labute approximate surface area is 162 Å². The molecule has 0 bridgehead atoms. The number of halogens is 1. The average Bonchev–Trinajstić information content (AvgIpc) is 3.19. The van der Waals surface area contributed by atoms with Crippen LogP contribution in [0.25, 0.3) is 0 Å². The maximum absolute atomic E-state index is 12.7. The van der Waals surface area contributed by atoms with E-state index < -0.39 is 12.0 Å². The molecular weight excluding hydrogens is 368 g/mol. The van der Waals surface area contributed by atoms with Crippen molar-refractivity contribution in [2.45, 2.75) is 18.9 Å². The third-order valence-electron chi connectivity index (χ3n) is 4.48. The van der Waals surface area contributed by atoms with Crippen molar-refractivity contribution >= 4 is 35.1 Å². The van der Waals surface area contributed by atoms with E-state index >= 15 is 0 Å². The van der Waals surface area contributed by atoms with Crippen LogP contribution in [0.1, 0.15) is 33.6 Å². The predicted octanol–water partition coefficient (Wildman–Crippen LogP) is 3.37. The van der Waals surface area contributed by atoms with Gasteiger partial charge in [0.15, 0.2) is 0 Å². The van der Waals surface area contributed by atoms with E-state index in [0.717, 1.165) is 6.42 Å². The van der Waals surface area contributed by atoms with Crippen molar-refractivity contribution in [1.29, 1.82) is 0 Å². The van der Waals surface area contributed by atoms with Crippen molar-refractivity contribution in [2.75, 3.05) is 19.0 Å². The van der Waals surface area contributed by atoms with Crippen LogP contribution in [-0.2, 0) is 9.53 Å². The molecule has 1 heterocycles. The number of ether oxygens (including phenoxy) is 1. The number of likely N-dealkylation sites (tertiary alicyclic amines) is 1. The molecular formula is C20H19ClN2O4. The Bertz CT molecular complexity index is 870. The second-order valence-corrected chi connectivity index (χ2v) is 6.61. The van der Waals surface area contributed by atoms with E-state index in [1.165, 1.54) is 19.2 Å². The monoisotopic (exact) mass is 386 g/mol. The SMILES string of the molecule is COC(=O)c1cc(NC(=O)[C@@H]2CCCN2C(=O)c2ccccc2)ccc1Cl. The molecule has 27 heavy (non-hydrogen) atoms. The first kappa shape index (κ1) is 18.9. The van der Waals surface area contributed by atoms with Crippen LogP contribution in [0.4, 0.5) is 5.69 Å². The van der Waals surface area contributed by atoms with E-state index in [4.69, 9.17) is 11.6 Å². The van der Waals surface area contributed by atoms with Crippen molar-refractivity contribution < 1.29 is 19.1 Å². The zero-order valence-corrected chi connectivity index (χ0v) is 15.5. The second kappa shape index (κ2) is 8.22. The number of hydrogen-bond donors (Lipinski definition) is 1. The van der Waals surface area contributed by atoms with E-state index in [2.05, 4.69) is 10.1 Å². The Hall–Kier alpha value is -2.86. The zero-order chi connectivity index (χ0) is 19.4. The minimum absolute atomic E-state index is 0.167. The molecule has 140 valence electrons. The summed E-state index contributed by atoms with van der Waals surface area (Å²) in [4.78, 5) is 38.8. The molecule has 0 aromatic heterocycles. The number of esters is 1. The number of anilines is 1. The fraction of sp³-hybridized carbons (Fsp3) is 0.250. The third-order valence-corrected chi connectivity index (χ3v) is 4.81. The van der Waals surface area contributed by atoms with Crippen molar-refractivity contribution in [1.82, 2.24) is 4.90 Å². The highest BCUT2D eigenvalue weighted by Crippen LogP contribution is 2.24. The number of benzene rings is 2. The van der Waals surface area contributed by atoms with Crippen LogP contribution in [0, 0.1) is 0 Å². The number of rotatable bonds is 4. The lowest BCUT2D eigenvalue weighted by atomic mass is 10.1. The maximum Gasteiger partial charge on any atom is 0.339 e. The van der Waals surface area contributed by atoms with Crippen molar-refractivity contribution in [3.05, 3.63) is 64.7 Å². The highest BCUT2D eigenvalue weighted by atomic mass is 35.5. The number of amides is 2. The highest BCUT2D eigenvalue weighted by molar-refractivity contribution is 6.33. The fourth-order valence-corrected chi connectivity index (χ4v) is 3.32. The van der Waals surface area contributed by atoms with Crippen LogP contribution < -0.4 is 5.32 Å². The molecule has 2 amide bonds. The Morgan fingerprint density at radius 3 is 2.59 bits per heavy atom. The lowest BCUT2D eigenvalue weighted by molar-refractivity contribution is -0.119. The number of carbonyl (C=O) groups is 3. The molecule has 1 N–H and O–H groups in total. The summed E-state index contributed by atoms with van der Waals surface area (Å²) in [5, 5.41) is 3.01. The largest absolute Gasteiger partial charge is 0.465 e. The highest BCUT2D eigenvalue weighted by Gasteiger charge is 2.34. The second-order valence-electron chi connectivity index (χ2n) is 6.20. The summed E-state index contributed by atoms with van der Waals surface area (Å²) in [7, 11) is 1.26. The topological polar surface area (TPSA) is 75.7 Å². The standard InChI is InChI=1S/C20H19ClN2O4/c1-27-20(26)15-12-14(9-10-16(15)21)22-18(24)17-8-5-11-23(17)19(25)13-6-3-2-4-7-13/h2-4,6-7,9-10,12,17H,5,8,11H2,1H3,(H,22,24)/t17-/m0/s1. The Morgan fingerprint density at radius 2 is 1.89 bits per heavy atom. The number of nitrogens with zero attached hydrogens (tertiary/aromatic N) is 1. The van der Waals surface area contributed by atoms with Crippen LogP contribution in [0.3, 0.4) is 0 Å². The van der Waals surface area contributed by atoms with Gasteiger partial charge in [-0.2, -0.15) is 0 Å². The lowest BCUT2D eigenvalue weighted by Gasteiger charge is -2.24. The van der Waals surface area contributed by atoms with Crippen LogP contribution in [0.2, 0.25) is 5.02 Å². The number of nitrogens with one attached hydrogen (secondary N) is 1. The number of carbonyl (C=O) groups excluding carboxylic acids is 3. The average molecular weight is 387 g/mol. The van der Waals surface area contributed by atoms with Crippen molar-refractivity contribution in [2.24, 2.45) is 0 Å². The number of methoxy groups -OCH3 is 1. The van der Waals surface area contributed by atoms with Crippen LogP contribution >= 0.6 is 11.6 Å². The summed E-state index contributed by atoms with van der Waals surface area (Å²) in [6.45, 7) is 0.528. The molecule has 0 spiro atoms. The first-order valence-electron chi connectivity index (χ1n) is 8.56. The molecule has 1 saturated heterocycles. The molecule has 0 unspecified atom stereocenters. The molecule has 2 aromatic carbocycles. The normalized spacial score (nSPS) is 16.1. The van der Waals surface area contributed by atoms with Gasteiger partial charge in [0.25, 0.3) is 5.91 Å². The molecule has 0 aliphatic carbocycles. The van der Waals surface area contributed by atoms with Gasteiger partial charge >= 0.3 is 5.97 Å². The van der Waals surface area contributed by atoms with Gasteiger partial charge in [-0.3, -0.25) is 9.59 Å². The van der Waals surface area contributed by atoms with Gasteiger partial charge in [0.1, 0.15) is 6.04 Å². The summed E-state index contributed by atoms with van der Waals surface area (Å²) >= 11 is 6.00. The van der Waals surface area contributed by atoms with Gasteiger partial charge in [0.2, 0.25) is 5.91 Å². The molecule has 7 heteroatoms. The quantitative estimate of drug-likeness (QED) is 0.817. The van der Waals surface area contributed by atoms with Gasteiger partial charge in [0.05, 0.1) is 17.7 Å². The van der Waals surface area contributed by atoms with Gasteiger partial charge in [-0.25, -0.2) is 4.79 Å². The molecule has 1 aliphatic heterocycles. The maximum atomic E-state index is 12.7. The first-order chi connectivity index (χ1) is 13.0. The van der Waals surface area contributed by atoms with Gasteiger partial charge < -0.3 is 15.0 Å². The Kier molecular flexibility index (Phi) is 5.76. The summed E-state index contributed by atoms with van der Waals surface area (Å²) in [6.07, 6.45) is 1.34. The van der Waals surface area contributed by atoms with Crippen LogP contribution in [-0.4, -0.2) is 42.4 Å². The molecule has 1 aliphatic rings. The Balaban J connectivity index is 1.76. The van der Waals surface area contributed by atoms with E-state index in [9.17, 15) is 14.4 Å². The molecule has 6 nitrogen and oxygen atoms in total. The van der Waals surface area contributed by atoms with Crippen molar-refractivity contribution in [3.63, 3.8) is 0 Å². The van der Waals surface area contributed by atoms with Crippen LogP contribution in [0.15, 0.2) is 48.5 Å². The third kappa shape index (κ3) is 4.11. The summed E-state index contributed by atoms with van der Waals surface area (Å²) < 4.78 is 4.69. The molecule has 0 saturated carbocycles. The van der Waals surface area contributed by atoms with Crippen molar-refractivity contribution in [3.8, 4) is 0 Å². The summed E-state index contributed by atoms with van der Waals surface area (Å²) in [6, 6.07) is 12.9. The lowest BCUT2D eigenvalue weighted by Crippen LogP contribution is -2.43. The van der Waals surface area contributed by atoms with E-state index in [1.807, 2.05) is 6.07 Å². The first-order valence-corrected chi connectivity index (χ1v) is 8.94. The van der Waals surface area contributed by atoms with E-state index in [1.54, 1.807) is 35.2 Å². The van der Waals surface area contributed by atoms with Gasteiger partial charge in [-0.1, -0.05) is 29.8 Å². The smallest absolute Gasteiger partial charge is 0.339 e. The van der Waals surface area contributed by atoms with E-state index in [0.29, 0.717) is 24.2 Å². The molecule has 3 rings (SSSR count). The summed E-state index contributed by atoms with van der Waals surface area (Å²) in [5.41, 5.74) is 1.14. The Morgan fingerprint density at radius 1 is 1.15 bits per heavy atom. The molecule has 0 radical (unpaired) electrons. The molecule has 1 atom stereocenters. The predicted molar refractivity (Wildman–Crippen MR) is 102 cm³/mol. The summed E-state index contributed by atoms with van der Waals surface area (Å²) in [5.74, 6) is -1.05. The van der Waals surface area contributed by atoms with E-state index in [-0.39, 0.29) is 22.4 Å². The fourth-order valence-electron chi connectivity index (χ4n) is 3.12. The minimum atomic E-state index is -0.585. The molecule has 1 fully saturated rings. The van der Waals surface area contributed by atoms with Gasteiger partial charge in [0, 0.05) is 17.8 Å². The van der Waals surface area contributed by atoms with Gasteiger partial charge in [-0.15, -0.1) is 0 Å². The number of hydrogen-bond acceptors (Lipinski definition) is 4.